The van der Waals surface area contributed by atoms with Crippen molar-refractivity contribution in [2.24, 2.45) is 0 Å². The third-order valence-corrected chi connectivity index (χ3v) is 3.26. The maximum absolute atomic E-state index is 10.7. The van der Waals surface area contributed by atoms with E-state index in [2.05, 4.69) is 5.10 Å². The molecule has 0 amide bonds. The number of ether oxygens (including phenoxy) is 1. The minimum absolute atomic E-state index is 0.0661. The summed E-state index contributed by atoms with van der Waals surface area (Å²) in [5.74, 6) is -0.215. The van der Waals surface area contributed by atoms with Crippen molar-refractivity contribution in [3.8, 4) is 11.6 Å². The standard InChI is InChI=1S/C15H18N2O3/c1-10-6-4-5-7-13(10)17-15(20-3)12(11(2)16-17)8-9-14(18)19/h4-7H,8-9H2,1-3H3,(H,18,19). The van der Waals surface area contributed by atoms with Gasteiger partial charge in [-0.3, -0.25) is 4.79 Å². The monoisotopic (exact) mass is 274 g/mol. The largest absolute Gasteiger partial charge is 0.481 e. The maximum Gasteiger partial charge on any atom is 0.303 e. The fourth-order valence-corrected chi connectivity index (χ4v) is 2.23. The van der Waals surface area contributed by atoms with Crippen LogP contribution >= 0.6 is 0 Å². The van der Waals surface area contributed by atoms with Crippen molar-refractivity contribution in [1.82, 2.24) is 9.78 Å². The molecule has 5 nitrogen and oxygen atoms in total. The smallest absolute Gasteiger partial charge is 0.303 e. The van der Waals surface area contributed by atoms with Crippen LogP contribution in [0.3, 0.4) is 0 Å². The lowest BCUT2D eigenvalue weighted by molar-refractivity contribution is -0.136. The fourth-order valence-electron chi connectivity index (χ4n) is 2.23. The Morgan fingerprint density at radius 1 is 1.35 bits per heavy atom. The molecule has 5 heteroatoms. The molecule has 0 aliphatic heterocycles. The first-order valence-corrected chi connectivity index (χ1v) is 6.45. The predicted octanol–water partition coefficient (Wildman–Crippen LogP) is 2.51. The number of nitrogens with zero attached hydrogens (tertiary/aromatic N) is 2. The molecule has 1 N–H and O–H groups in total. The Kier molecular flexibility index (Phi) is 4.08. The van der Waals surface area contributed by atoms with E-state index in [0.717, 1.165) is 22.5 Å². The Bertz CT molecular complexity index is 632. The summed E-state index contributed by atoms with van der Waals surface area (Å²) in [5.41, 5.74) is 3.66. The summed E-state index contributed by atoms with van der Waals surface area (Å²) >= 11 is 0. The summed E-state index contributed by atoms with van der Waals surface area (Å²) in [6, 6.07) is 7.87. The van der Waals surface area contributed by atoms with Gasteiger partial charge in [-0.15, -0.1) is 0 Å². The van der Waals surface area contributed by atoms with Crippen LogP contribution in [0.15, 0.2) is 24.3 Å². The molecule has 0 atom stereocenters. The summed E-state index contributed by atoms with van der Waals surface area (Å²) in [4.78, 5) is 10.7. The van der Waals surface area contributed by atoms with Gasteiger partial charge < -0.3 is 9.84 Å². The van der Waals surface area contributed by atoms with Gasteiger partial charge in [0.2, 0.25) is 5.88 Å². The number of rotatable bonds is 5. The molecule has 0 saturated heterocycles. The molecule has 0 aliphatic carbocycles. The number of methoxy groups -OCH3 is 1. The lowest BCUT2D eigenvalue weighted by atomic mass is 10.1. The third-order valence-electron chi connectivity index (χ3n) is 3.26. The van der Waals surface area contributed by atoms with E-state index in [9.17, 15) is 4.79 Å². The number of aromatic nitrogens is 2. The highest BCUT2D eigenvalue weighted by molar-refractivity contribution is 5.67. The van der Waals surface area contributed by atoms with Crippen LogP contribution in [0, 0.1) is 13.8 Å². The van der Waals surface area contributed by atoms with Gasteiger partial charge in [0.05, 0.1) is 18.5 Å². The second-order valence-electron chi connectivity index (χ2n) is 4.67. The number of benzene rings is 1. The van der Waals surface area contributed by atoms with Crippen molar-refractivity contribution in [3.05, 3.63) is 41.1 Å². The van der Waals surface area contributed by atoms with Gasteiger partial charge >= 0.3 is 5.97 Å². The van der Waals surface area contributed by atoms with Crippen LogP contribution in [0.2, 0.25) is 0 Å². The average Bonchev–Trinajstić information content (AvgIpc) is 2.73. The highest BCUT2D eigenvalue weighted by Crippen LogP contribution is 2.28. The Hall–Kier alpha value is -2.30. The molecule has 0 aliphatic rings. The van der Waals surface area contributed by atoms with Gasteiger partial charge in [0.25, 0.3) is 0 Å². The summed E-state index contributed by atoms with van der Waals surface area (Å²) in [6.07, 6.45) is 0.479. The van der Waals surface area contributed by atoms with Gasteiger partial charge in [0.1, 0.15) is 0 Å². The fraction of sp³-hybridized carbons (Fsp3) is 0.333. The first-order chi connectivity index (χ1) is 9.54. The van der Waals surface area contributed by atoms with E-state index in [0.29, 0.717) is 12.3 Å². The van der Waals surface area contributed by atoms with Gasteiger partial charge in [-0.2, -0.15) is 5.10 Å². The van der Waals surface area contributed by atoms with E-state index in [1.54, 1.807) is 11.8 Å². The zero-order valence-electron chi connectivity index (χ0n) is 11.9. The predicted molar refractivity (Wildman–Crippen MR) is 75.5 cm³/mol. The molecule has 0 bridgehead atoms. The van der Waals surface area contributed by atoms with Crippen LogP contribution in [0.1, 0.15) is 23.2 Å². The minimum atomic E-state index is -0.824. The van der Waals surface area contributed by atoms with Crippen molar-refractivity contribution < 1.29 is 14.6 Å². The van der Waals surface area contributed by atoms with Crippen LogP contribution in [0.4, 0.5) is 0 Å². The van der Waals surface area contributed by atoms with Gasteiger partial charge in [0.15, 0.2) is 0 Å². The maximum atomic E-state index is 10.7. The second-order valence-corrected chi connectivity index (χ2v) is 4.67. The molecule has 0 spiro atoms. The van der Waals surface area contributed by atoms with Crippen LogP contribution in [-0.2, 0) is 11.2 Å². The van der Waals surface area contributed by atoms with E-state index in [-0.39, 0.29) is 6.42 Å². The number of hydrogen-bond donors (Lipinski definition) is 1. The molecular formula is C15H18N2O3. The van der Waals surface area contributed by atoms with E-state index >= 15 is 0 Å². The summed E-state index contributed by atoms with van der Waals surface area (Å²) in [6.45, 7) is 3.87. The molecule has 2 aromatic rings. The first-order valence-electron chi connectivity index (χ1n) is 6.45. The first kappa shape index (κ1) is 14.1. The number of carbonyl (C=O) groups is 1. The molecular weight excluding hydrogens is 256 g/mol. The highest BCUT2D eigenvalue weighted by Gasteiger charge is 2.18. The summed E-state index contributed by atoms with van der Waals surface area (Å²) in [5, 5.41) is 13.3. The normalized spacial score (nSPS) is 10.6. The lowest BCUT2D eigenvalue weighted by Gasteiger charge is -2.10. The van der Waals surface area contributed by atoms with E-state index in [1.807, 2.05) is 38.1 Å². The Labute approximate surface area is 117 Å². The number of carboxylic acids is 1. The molecule has 20 heavy (non-hydrogen) atoms. The topological polar surface area (TPSA) is 64.3 Å². The summed E-state index contributed by atoms with van der Waals surface area (Å²) < 4.78 is 7.18. The van der Waals surface area contributed by atoms with Crippen molar-refractivity contribution in [2.45, 2.75) is 26.7 Å². The molecule has 0 saturated carbocycles. The molecule has 1 aromatic carbocycles. The van der Waals surface area contributed by atoms with Crippen LogP contribution in [0.5, 0.6) is 5.88 Å². The van der Waals surface area contributed by atoms with Gasteiger partial charge in [-0.25, -0.2) is 4.68 Å². The second kappa shape index (κ2) is 5.77. The Balaban J connectivity index is 2.48. The molecule has 1 aromatic heterocycles. The van der Waals surface area contributed by atoms with Gasteiger partial charge in [-0.1, -0.05) is 18.2 Å². The highest BCUT2D eigenvalue weighted by atomic mass is 16.5. The zero-order valence-corrected chi connectivity index (χ0v) is 11.9. The average molecular weight is 274 g/mol. The van der Waals surface area contributed by atoms with Gasteiger partial charge in [-0.05, 0) is 31.9 Å². The zero-order chi connectivity index (χ0) is 14.7. The number of aryl methyl sites for hydroxylation is 2. The molecule has 0 radical (unpaired) electrons. The number of hydrogen-bond acceptors (Lipinski definition) is 3. The van der Waals surface area contributed by atoms with Crippen molar-refractivity contribution >= 4 is 5.97 Å². The molecule has 1 heterocycles. The quantitative estimate of drug-likeness (QED) is 0.910. The van der Waals surface area contributed by atoms with Gasteiger partial charge in [0, 0.05) is 12.0 Å². The molecule has 2 rings (SSSR count). The third kappa shape index (κ3) is 2.66. The minimum Gasteiger partial charge on any atom is -0.481 e. The Morgan fingerprint density at radius 2 is 2.05 bits per heavy atom. The SMILES string of the molecule is COc1c(CCC(=O)O)c(C)nn1-c1ccccc1C. The number of aliphatic carboxylic acids is 1. The van der Waals surface area contributed by atoms with E-state index in [1.165, 1.54) is 0 Å². The van der Waals surface area contributed by atoms with E-state index in [4.69, 9.17) is 9.84 Å². The number of carboxylic acid groups (broad SMARTS) is 1. The lowest BCUT2D eigenvalue weighted by Crippen LogP contribution is -2.03. The van der Waals surface area contributed by atoms with Crippen molar-refractivity contribution in [3.63, 3.8) is 0 Å². The molecule has 0 fully saturated rings. The Morgan fingerprint density at radius 3 is 2.65 bits per heavy atom. The van der Waals surface area contributed by atoms with Crippen LogP contribution in [-0.4, -0.2) is 28.0 Å². The number of para-hydroxylation sites is 1. The molecule has 106 valence electrons. The van der Waals surface area contributed by atoms with Crippen molar-refractivity contribution in [2.75, 3.05) is 7.11 Å². The van der Waals surface area contributed by atoms with Crippen LogP contribution in [0.25, 0.3) is 5.69 Å². The van der Waals surface area contributed by atoms with Crippen molar-refractivity contribution in [1.29, 1.82) is 0 Å². The summed E-state index contributed by atoms with van der Waals surface area (Å²) in [7, 11) is 1.58. The van der Waals surface area contributed by atoms with E-state index < -0.39 is 5.97 Å². The van der Waals surface area contributed by atoms with Crippen LogP contribution < -0.4 is 4.74 Å². The molecule has 0 unspecified atom stereocenters.